The molecule has 0 fully saturated rings. The van der Waals surface area contributed by atoms with Crippen molar-refractivity contribution < 1.29 is 9.84 Å². The van der Waals surface area contributed by atoms with E-state index in [1.165, 1.54) is 0 Å². The zero-order valence-electron chi connectivity index (χ0n) is 10.7. The summed E-state index contributed by atoms with van der Waals surface area (Å²) in [5.41, 5.74) is 0.904. The SMILES string of the molecule is CCCOc1c(Cl)cc(Cl)cc1CNC[C@@H](C)O. The van der Waals surface area contributed by atoms with Gasteiger partial charge < -0.3 is 15.2 Å². The van der Waals surface area contributed by atoms with E-state index in [-0.39, 0.29) is 6.10 Å². The van der Waals surface area contributed by atoms with Gasteiger partial charge in [-0.1, -0.05) is 30.1 Å². The summed E-state index contributed by atoms with van der Waals surface area (Å²) in [7, 11) is 0. The molecular formula is C13H19Cl2NO2. The molecule has 0 spiro atoms. The topological polar surface area (TPSA) is 41.5 Å². The van der Waals surface area contributed by atoms with E-state index < -0.39 is 0 Å². The first-order valence-corrected chi connectivity index (χ1v) is 6.79. The Morgan fingerprint density at radius 3 is 2.72 bits per heavy atom. The van der Waals surface area contributed by atoms with E-state index in [2.05, 4.69) is 5.32 Å². The van der Waals surface area contributed by atoms with Gasteiger partial charge >= 0.3 is 0 Å². The van der Waals surface area contributed by atoms with E-state index in [1.807, 2.05) is 13.0 Å². The van der Waals surface area contributed by atoms with Crippen LogP contribution in [-0.4, -0.2) is 24.4 Å². The van der Waals surface area contributed by atoms with Crippen molar-refractivity contribution in [3.8, 4) is 5.75 Å². The maximum Gasteiger partial charge on any atom is 0.142 e. The van der Waals surface area contributed by atoms with Gasteiger partial charge in [0.15, 0.2) is 0 Å². The number of halogens is 2. The third-order valence-corrected chi connectivity index (χ3v) is 2.79. The molecule has 0 unspecified atom stereocenters. The summed E-state index contributed by atoms with van der Waals surface area (Å²) in [5, 5.41) is 13.4. The Balaban J connectivity index is 2.78. The summed E-state index contributed by atoms with van der Waals surface area (Å²) in [6.45, 7) is 5.45. The van der Waals surface area contributed by atoms with Crippen LogP contribution < -0.4 is 10.1 Å². The van der Waals surface area contributed by atoms with Crippen LogP contribution in [-0.2, 0) is 6.54 Å². The average molecular weight is 292 g/mol. The number of aliphatic hydroxyl groups is 1. The van der Waals surface area contributed by atoms with Gasteiger partial charge in [0, 0.05) is 23.7 Å². The van der Waals surface area contributed by atoms with E-state index in [9.17, 15) is 5.11 Å². The van der Waals surface area contributed by atoms with E-state index in [0.29, 0.717) is 35.5 Å². The molecule has 5 heteroatoms. The molecule has 0 saturated heterocycles. The van der Waals surface area contributed by atoms with Gasteiger partial charge in [0.2, 0.25) is 0 Å². The summed E-state index contributed by atoms with van der Waals surface area (Å²) >= 11 is 12.1. The maximum atomic E-state index is 9.20. The largest absolute Gasteiger partial charge is 0.492 e. The molecule has 0 amide bonds. The molecule has 0 aliphatic rings. The standard InChI is InChI=1S/C13H19Cl2NO2/c1-3-4-18-13-10(8-16-7-9(2)17)5-11(14)6-12(13)15/h5-6,9,16-17H,3-4,7-8H2,1-2H3/t9-/m1/s1. The molecule has 0 radical (unpaired) electrons. The molecule has 1 aromatic carbocycles. The van der Waals surface area contributed by atoms with Crippen molar-refractivity contribution in [3.05, 3.63) is 27.7 Å². The van der Waals surface area contributed by atoms with Crippen molar-refractivity contribution in [1.29, 1.82) is 0 Å². The number of ether oxygens (including phenoxy) is 1. The van der Waals surface area contributed by atoms with E-state index in [4.69, 9.17) is 27.9 Å². The Bertz CT molecular complexity index is 383. The highest BCUT2D eigenvalue weighted by Gasteiger charge is 2.10. The third kappa shape index (κ3) is 5.02. The highest BCUT2D eigenvalue weighted by molar-refractivity contribution is 6.35. The van der Waals surface area contributed by atoms with Crippen molar-refractivity contribution in [1.82, 2.24) is 5.32 Å². The summed E-state index contributed by atoms with van der Waals surface area (Å²) in [4.78, 5) is 0. The minimum Gasteiger partial charge on any atom is -0.492 e. The van der Waals surface area contributed by atoms with Gasteiger partial charge in [0.05, 0.1) is 17.7 Å². The number of rotatable bonds is 7. The quantitative estimate of drug-likeness (QED) is 0.810. The summed E-state index contributed by atoms with van der Waals surface area (Å²) < 4.78 is 5.64. The summed E-state index contributed by atoms with van der Waals surface area (Å²) in [6.07, 6.45) is 0.527. The van der Waals surface area contributed by atoms with Crippen LogP contribution in [0.3, 0.4) is 0 Å². The fraction of sp³-hybridized carbons (Fsp3) is 0.538. The Labute approximate surface area is 118 Å². The number of benzene rings is 1. The second-order valence-corrected chi connectivity index (χ2v) is 5.05. The van der Waals surface area contributed by atoms with Gasteiger partial charge in [-0.3, -0.25) is 0 Å². The van der Waals surface area contributed by atoms with Crippen molar-refractivity contribution >= 4 is 23.2 Å². The Hall–Kier alpha value is -0.480. The van der Waals surface area contributed by atoms with Gasteiger partial charge in [0.1, 0.15) is 5.75 Å². The second-order valence-electron chi connectivity index (χ2n) is 4.20. The van der Waals surface area contributed by atoms with Crippen molar-refractivity contribution in [3.63, 3.8) is 0 Å². The van der Waals surface area contributed by atoms with E-state index >= 15 is 0 Å². The molecule has 0 saturated carbocycles. The molecule has 1 atom stereocenters. The number of hydrogen-bond acceptors (Lipinski definition) is 3. The van der Waals surface area contributed by atoms with Crippen LogP contribution >= 0.6 is 23.2 Å². The molecule has 0 heterocycles. The van der Waals surface area contributed by atoms with Crippen LogP contribution in [0, 0.1) is 0 Å². The molecular weight excluding hydrogens is 273 g/mol. The zero-order chi connectivity index (χ0) is 13.5. The van der Waals surface area contributed by atoms with Gasteiger partial charge in [0.25, 0.3) is 0 Å². The number of hydrogen-bond donors (Lipinski definition) is 2. The normalized spacial score (nSPS) is 12.5. The molecule has 1 aromatic rings. The van der Waals surface area contributed by atoms with Crippen molar-refractivity contribution in [2.45, 2.75) is 32.9 Å². The lowest BCUT2D eigenvalue weighted by atomic mass is 10.2. The molecule has 1 rings (SSSR count). The lowest BCUT2D eigenvalue weighted by molar-refractivity contribution is 0.190. The highest BCUT2D eigenvalue weighted by atomic mass is 35.5. The van der Waals surface area contributed by atoms with Crippen LogP contribution in [0.2, 0.25) is 10.0 Å². The van der Waals surface area contributed by atoms with Crippen LogP contribution in [0.4, 0.5) is 0 Å². The Morgan fingerprint density at radius 2 is 2.11 bits per heavy atom. The lowest BCUT2D eigenvalue weighted by Gasteiger charge is -2.14. The predicted octanol–water partition coefficient (Wildman–Crippen LogP) is 3.25. The molecule has 2 N–H and O–H groups in total. The van der Waals surface area contributed by atoms with Gasteiger partial charge in [-0.2, -0.15) is 0 Å². The molecule has 0 aromatic heterocycles. The maximum absolute atomic E-state index is 9.20. The number of aliphatic hydroxyl groups excluding tert-OH is 1. The van der Waals surface area contributed by atoms with Crippen LogP contribution in [0.1, 0.15) is 25.8 Å². The summed E-state index contributed by atoms with van der Waals surface area (Å²) in [6, 6.07) is 3.50. The van der Waals surface area contributed by atoms with Crippen LogP contribution in [0.15, 0.2) is 12.1 Å². The van der Waals surface area contributed by atoms with E-state index in [1.54, 1.807) is 13.0 Å². The van der Waals surface area contributed by atoms with Gasteiger partial charge in [-0.05, 0) is 25.5 Å². The third-order valence-electron chi connectivity index (χ3n) is 2.29. The molecule has 0 aliphatic carbocycles. The Morgan fingerprint density at radius 1 is 1.39 bits per heavy atom. The fourth-order valence-electron chi connectivity index (χ4n) is 1.53. The first-order chi connectivity index (χ1) is 8.54. The Kier molecular flexibility index (Phi) is 6.79. The van der Waals surface area contributed by atoms with E-state index in [0.717, 1.165) is 12.0 Å². The van der Waals surface area contributed by atoms with Crippen LogP contribution in [0.5, 0.6) is 5.75 Å². The van der Waals surface area contributed by atoms with Gasteiger partial charge in [-0.25, -0.2) is 0 Å². The molecule has 18 heavy (non-hydrogen) atoms. The minimum absolute atomic E-state index is 0.389. The minimum atomic E-state index is -0.389. The molecule has 0 bridgehead atoms. The first kappa shape index (κ1) is 15.6. The average Bonchev–Trinajstić information content (AvgIpc) is 2.27. The number of nitrogens with one attached hydrogen (secondary N) is 1. The predicted molar refractivity (Wildman–Crippen MR) is 75.6 cm³/mol. The van der Waals surface area contributed by atoms with Crippen molar-refractivity contribution in [2.24, 2.45) is 0 Å². The summed E-state index contributed by atoms with van der Waals surface area (Å²) in [5.74, 6) is 0.668. The zero-order valence-corrected chi connectivity index (χ0v) is 12.2. The highest BCUT2D eigenvalue weighted by Crippen LogP contribution is 2.32. The van der Waals surface area contributed by atoms with Crippen LogP contribution in [0.25, 0.3) is 0 Å². The lowest BCUT2D eigenvalue weighted by Crippen LogP contribution is -2.24. The fourth-order valence-corrected chi connectivity index (χ4v) is 2.12. The first-order valence-electron chi connectivity index (χ1n) is 6.04. The second kappa shape index (κ2) is 7.85. The van der Waals surface area contributed by atoms with Gasteiger partial charge in [-0.15, -0.1) is 0 Å². The molecule has 102 valence electrons. The van der Waals surface area contributed by atoms with Crippen molar-refractivity contribution in [2.75, 3.05) is 13.2 Å². The monoisotopic (exact) mass is 291 g/mol. The smallest absolute Gasteiger partial charge is 0.142 e. The molecule has 3 nitrogen and oxygen atoms in total. The molecule has 0 aliphatic heterocycles.